The summed E-state index contributed by atoms with van der Waals surface area (Å²) in [7, 11) is 0. The second kappa shape index (κ2) is 6.82. The molecule has 0 bridgehead atoms. The van der Waals surface area contributed by atoms with Gasteiger partial charge in [0.1, 0.15) is 6.04 Å². The average molecular weight is 324 g/mol. The molecule has 2 aromatic carbocycles. The maximum absolute atomic E-state index is 12.2. The van der Waals surface area contributed by atoms with E-state index in [-0.39, 0.29) is 6.42 Å². The van der Waals surface area contributed by atoms with Gasteiger partial charge in [-0.2, -0.15) is 0 Å². The molecule has 1 atom stereocenters. The van der Waals surface area contributed by atoms with Crippen molar-refractivity contribution in [3.63, 3.8) is 0 Å². The third-order valence-electron chi connectivity index (χ3n) is 3.62. The van der Waals surface area contributed by atoms with Crippen LogP contribution in [0.15, 0.2) is 55.0 Å². The van der Waals surface area contributed by atoms with E-state index in [4.69, 9.17) is 0 Å². The highest BCUT2D eigenvalue weighted by molar-refractivity contribution is 6.02. The van der Waals surface area contributed by atoms with Crippen LogP contribution in [0.4, 0.5) is 10.5 Å². The van der Waals surface area contributed by atoms with Gasteiger partial charge in [0.2, 0.25) is 0 Å². The summed E-state index contributed by atoms with van der Waals surface area (Å²) in [5.74, 6) is -1.11. The minimum absolute atomic E-state index is 0.123. The molecule has 3 rings (SSSR count). The Morgan fingerprint density at radius 1 is 1.17 bits per heavy atom. The molecule has 4 N–H and O–H groups in total. The number of carbonyl (C=O) groups excluding carboxylic acids is 1. The van der Waals surface area contributed by atoms with Crippen molar-refractivity contribution in [1.82, 2.24) is 15.3 Å². The Kier molecular flexibility index (Phi) is 4.42. The summed E-state index contributed by atoms with van der Waals surface area (Å²) in [5.41, 5.74) is 1.25. The first-order valence-electron chi connectivity index (χ1n) is 7.39. The van der Waals surface area contributed by atoms with Gasteiger partial charge in [-0.3, -0.25) is 0 Å². The Balaban J connectivity index is 1.72. The molecule has 7 heteroatoms. The minimum Gasteiger partial charge on any atom is -0.480 e. The quantitative estimate of drug-likeness (QED) is 0.578. The number of hydrogen-bond donors (Lipinski definition) is 4. The van der Waals surface area contributed by atoms with E-state index in [1.54, 1.807) is 6.07 Å². The SMILES string of the molecule is O=C(Nc1cccc2ccccc12)NC(Cc1cnc[nH]1)C(=O)O. The summed E-state index contributed by atoms with van der Waals surface area (Å²) in [6.45, 7) is 0. The largest absolute Gasteiger partial charge is 0.480 e. The smallest absolute Gasteiger partial charge is 0.326 e. The van der Waals surface area contributed by atoms with Gasteiger partial charge in [-0.25, -0.2) is 14.6 Å². The van der Waals surface area contributed by atoms with Crippen molar-refractivity contribution in [2.45, 2.75) is 12.5 Å². The van der Waals surface area contributed by atoms with Gasteiger partial charge in [-0.1, -0.05) is 36.4 Å². The molecule has 0 radical (unpaired) electrons. The third kappa shape index (κ3) is 3.52. The topological polar surface area (TPSA) is 107 Å². The summed E-state index contributed by atoms with van der Waals surface area (Å²) in [4.78, 5) is 30.2. The number of anilines is 1. The van der Waals surface area contributed by atoms with E-state index in [0.717, 1.165) is 10.8 Å². The van der Waals surface area contributed by atoms with E-state index in [2.05, 4.69) is 20.6 Å². The summed E-state index contributed by atoms with van der Waals surface area (Å²) in [6.07, 6.45) is 3.11. The number of carboxylic acid groups (broad SMARTS) is 1. The molecule has 1 unspecified atom stereocenters. The van der Waals surface area contributed by atoms with Crippen LogP contribution >= 0.6 is 0 Å². The number of carboxylic acids is 1. The number of aromatic nitrogens is 2. The second-order valence-corrected chi connectivity index (χ2v) is 5.30. The van der Waals surface area contributed by atoms with Crippen LogP contribution < -0.4 is 10.6 Å². The van der Waals surface area contributed by atoms with Crippen molar-refractivity contribution in [2.75, 3.05) is 5.32 Å². The number of aromatic amines is 1. The molecule has 24 heavy (non-hydrogen) atoms. The van der Waals surface area contributed by atoms with E-state index in [1.165, 1.54) is 12.5 Å². The lowest BCUT2D eigenvalue weighted by molar-refractivity contribution is -0.139. The lowest BCUT2D eigenvalue weighted by Crippen LogP contribution is -2.44. The monoisotopic (exact) mass is 324 g/mol. The molecule has 2 amide bonds. The Morgan fingerprint density at radius 3 is 2.71 bits per heavy atom. The van der Waals surface area contributed by atoms with Crippen molar-refractivity contribution in [2.24, 2.45) is 0 Å². The van der Waals surface area contributed by atoms with Gasteiger partial charge in [-0.15, -0.1) is 0 Å². The van der Waals surface area contributed by atoms with E-state index in [1.807, 2.05) is 36.4 Å². The minimum atomic E-state index is -1.11. The number of nitrogens with one attached hydrogen (secondary N) is 3. The van der Waals surface area contributed by atoms with Gasteiger partial charge >= 0.3 is 12.0 Å². The Hall–Kier alpha value is -3.35. The average Bonchev–Trinajstić information content (AvgIpc) is 3.07. The fourth-order valence-corrected chi connectivity index (χ4v) is 2.47. The Bertz CT molecular complexity index is 856. The number of benzene rings is 2. The number of fused-ring (bicyclic) bond motifs is 1. The second-order valence-electron chi connectivity index (χ2n) is 5.30. The van der Waals surface area contributed by atoms with Gasteiger partial charge in [-0.05, 0) is 11.5 Å². The number of rotatable bonds is 5. The van der Waals surface area contributed by atoms with Crippen LogP contribution in [0.3, 0.4) is 0 Å². The molecule has 0 aliphatic rings. The van der Waals surface area contributed by atoms with Crippen LogP contribution in [0, 0.1) is 0 Å². The molecule has 0 fully saturated rings. The van der Waals surface area contributed by atoms with Crippen molar-refractivity contribution in [1.29, 1.82) is 0 Å². The van der Waals surface area contributed by atoms with Crippen LogP contribution in [0.1, 0.15) is 5.69 Å². The molecule has 0 aliphatic heterocycles. The molecule has 0 saturated heterocycles. The lowest BCUT2D eigenvalue weighted by Gasteiger charge is -2.15. The van der Waals surface area contributed by atoms with E-state index >= 15 is 0 Å². The first-order chi connectivity index (χ1) is 11.6. The van der Waals surface area contributed by atoms with Crippen LogP contribution in [0.5, 0.6) is 0 Å². The lowest BCUT2D eigenvalue weighted by atomic mass is 10.1. The van der Waals surface area contributed by atoms with Gasteiger partial charge in [0.15, 0.2) is 0 Å². The third-order valence-corrected chi connectivity index (χ3v) is 3.62. The van der Waals surface area contributed by atoms with Crippen LogP contribution in [-0.4, -0.2) is 33.1 Å². The predicted octanol–water partition coefficient (Wildman–Crippen LogP) is 2.38. The summed E-state index contributed by atoms with van der Waals surface area (Å²) in [6, 6.07) is 11.5. The normalized spacial score (nSPS) is 11.8. The van der Waals surface area contributed by atoms with Crippen molar-refractivity contribution in [3.8, 4) is 0 Å². The van der Waals surface area contributed by atoms with Crippen LogP contribution in [-0.2, 0) is 11.2 Å². The van der Waals surface area contributed by atoms with Crippen molar-refractivity contribution < 1.29 is 14.7 Å². The zero-order chi connectivity index (χ0) is 16.9. The van der Waals surface area contributed by atoms with E-state index < -0.39 is 18.0 Å². The predicted molar refractivity (Wildman–Crippen MR) is 89.8 cm³/mol. The molecule has 0 saturated carbocycles. The van der Waals surface area contributed by atoms with E-state index in [0.29, 0.717) is 11.4 Å². The van der Waals surface area contributed by atoms with E-state index in [9.17, 15) is 14.7 Å². The first-order valence-corrected chi connectivity index (χ1v) is 7.39. The molecular weight excluding hydrogens is 308 g/mol. The molecule has 1 heterocycles. The number of urea groups is 1. The van der Waals surface area contributed by atoms with Crippen molar-refractivity contribution >= 4 is 28.5 Å². The van der Waals surface area contributed by atoms with Gasteiger partial charge < -0.3 is 20.7 Å². The zero-order valence-corrected chi connectivity index (χ0v) is 12.7. The Labute approximate surface area is 137 Å². The summed E-state index contributed by atoms with van der Waals surface area (Å²) < 4.78 is 0. The summed E-state index contributed by atoms with van der Waals surface area (Å²) >= 11 is 0. The van der Waals surface area contributed by atoms with Crippen LogP contribution in [0.25, 0.3) is 10.8 Å². The number of aliphatic carboxylic acids is 1. The highest BCUT2D eigenvalue weighted by atomic mass is 16.4. The first kappa shape index (κ1) is 15.5. The number of carbonyl (C=O) groups is 2. The molecular formula is C17H16N4O3. The number of H-pyrrole nitrogens is 1. The highest BCUT2D eigenvalue weighted by Crippen LogP contribution is 2.22. The molecule has 3 aromatic rings. The molecule has 1 aromatic heterocycles. The number of imidazole rings is 1. The van der Waals surface area contributed by atoms with Gasteiger partial charge in [0.25, 0.3) is 0 Å². The zero-order valence-electron chi connectivity index (χ0n) is 12.7. The van der Waals surface area contributed by atoms with Gasteiger partial charge in [0.05, 0.1) is 12.0 Å². The fraction of sp³-hybridized carbons (Fsp3) is 0.118. The highest BCUT2D eigenvalue weighted by Gasteiger charge is 2.21. The number of hydrogen-bond acceptors (Lipinski definition) is 3. The van der Waals surface area contributed by atoms with Crippen molar-refractivity contribution in [3.05, 3.63) is 60.7 Å². The maximum Gasteiger partial charge on any atom is 0.326 e. The maximum atomic E-state index is 12.2. The Morgan fingerprint density at radius 2 is 1.96 bits per heavy atom. The molecule has 122 valence electrons. The molecule has 0 aliphatic carbocycles. The standard InChI is InChI=1S/C17H16N4O3/c22-16(23)15(8-12-9-18-10-19-12)21-17(24)20-14-7-3-5-11-4-1-2-6-13(11)14/h1-7,9-10,15H,8H2,(H,18,19)(H,22,23)(H2,20,21,24). The van der Waals surface area contributed by atoms with Crippen LogP contribution in [0.2, 0.25) is 0 Å². The fourth-order valence-electron chi connectivity index (χ4n) is 2.47. The number of amides is 2. The molecule has 0 spiro atoms. The molecule has 7 nitrogen and oxygen atoms in total. The van der Waals surface area contributed by atoms with Gasteiger partial charge in [0, 0.05) is 23.7 Å². The number of nitrogens with zero attached hydrogens (tertiary/aromatic N) is 1. The summed E-state index contributed by atoms with van der Waals surface area (Å²) in [5, 5.41) is 16.3.